The summed E-state index contributed by atoms with van der Waals surface area (Å²) in [5.74, 6) is 2.14. The molecule has 2 heteroatoms. The average Bonchev–Trinajstić information content (AvgIpc) is 2.94. The van der Waals surface area contributed by atoms with Crippen molar-refractivity contribution in [3.8, 4) is 0 Å². The molecule has 2 nitrogen and oxygen atoms in total. The predicted octanol–water partition coefficient (Wildman–Crippen LogP) is 5.57. The number of allylic oxidation sites excluding steroid dienone is 2. The highest BCUT2D eigenvalue weighted by atomic mass is 16.3. The smallest absolute Gasteiger partial charge is 0.165 e. The molecule has 0 unspecified atom stereocenters. The summed E-state index contributed by atoms with van der Waals surface area (Å²) in [4.78, 5) is 13.4. The summed E-state index contributed by atoms with van der Waals surface area (Å²) in [6.45, 7) is 4.69. The van der Waals surface area contributed by atoms with Gasteiger partial charge in [0.05, 0.1) is 6.10 Å². The van der Waals surface area contributed by atoms with Gasteiger partial charge in [-0.25, -0.2) is 0 Å². The molecule has 3 fully saturated rings. The zero-order chi connectivity index (χ0) is 19.5. The van der Waals surface area contributed by atoms with Crippen molar-refractivity contribution < 1.29 is 9.90 Å². The number of hydrogen-bond acceptors (Lipinski definition) is 2. The van der Waals surface area contributed by atoms with E-state index >= 15 is 0 Å². The van der Waals surface area contributed by atoms with Crippen LogP contribution in [0.2, 0.25) is 0 Å². The van der Waals surface area contributed by atoms with E-state index in [0.29, 0.717) is 23.5 Å². The summed E-state index contributed by atoms with van der Waals surface area (Å²) in [6, 6.07) is 10.3. The SMILES string of the molecule is C[C@@]12CC[C@H]3[C@@H](CC=C4C[C@@H](O)CC[C@]43C)[C@H]1CC(=Cc1ccccc1)C2=O. The third-order valence-electron chi connectivity index (χ3n) is 8.86. The molecular weight excluding hydrogens is 344 g/mol. The topological polar surface area (TPSA) is 37.3 Å². The summed E-state index contributed by atoms with van der Waals surface area (Å²) in [7, 11) is 0. The quantitative estimate of drug-likeness (QED) is 0.514. The van der Waals surface area contributed by atoms with Gasteiger partial charge in [-0.05, 0) is 85.3 Å². The van der Waals surface area contributed by atoms with Crippen LogP contribution in [0.15, 0.2) is 47.6 Å². The van der Waals surface area contributed by atoms with Crippen molar-refractivity contribution in [3.05, 3.63) is 53.1 Å². The van der Waals surface area contributed by atoms with Gasteiger partial charge >= 0.3 is 0 Å². The fourth-order valence-electron chi connectivity index (χ4n) is 7.19. The lowest BCUT2D eigenvalue weighted by atomic mass is 9.48. The van der Waals surface area contributed by atoms with Gasteiger partial charge in [-0.15, -0.1) is 0 Å². The second-order valence-corrected chi connectivity index (χ2v) is 10.2. The van der Waals surface area contributed by atoms with Gasteiger partial charge in [0, 0.05) is 5.41 Å². The van der Waals surface area contributed by atoms with Crippen LogP contribution in [0.5, 0.6) is 0 Å². The largest absolute Gasteiger partial charge is 0.393 e. The van der Waals surface area contributed by atoms with Gasteiger partial charge in [-0.3, -0.25) is 4.79 Å². The van der Waals surface area contributed by atoms with E-state index in [1.54, 1.807) is 0 Å². The molecule has 0 saturated heterocycles. The van der Waals surface area contributed by atoms with E-state index in [4.69, 9.17) is 0 Å². The zero-order valence-corrected chi connectivity index (χ0v) is 17.2. The Morgan fingerprint density at radius 2 is 1.75 bits per heavy atom. The summed E-state index contributed by atoms with van der Waals surface area (Å²) >= 11 is 0. The molecule has 0 amide bonds. The monoisotopic (exact) mass is 376 g/mol. The number of aliphatic hydroxyl groups excluding tert-OH is 1. The van der Waals surface area contributed by atoms with Crippen molar-refractivity contribution in [2.24, 2.45) is 28.6 Å². The Balaban J connectivity index is 1.48. The maximum Gasteiger partial charge on any atom is 0.165 e. The number of hydrogen-bond donors (Lipinski definition) is 1. The van der Waals surface area contributed by atoms with Crippen molar-refractivity contribution in [3.63, 3.8) is 0 Å². The Labute approximate surface area is 168 Å². The number of carbonyl (C=O) groups is 1. The Kier molecular flexibility index (Phi) is 4.21. The van der Waals surface area contributed by atoms with Crippen LogP contribution in [-0.2, 0) is 4.79 Å². The highest BCUT2D eigenvalue weighted by molar-refractivity contribution is 6.05. The van der Waals surface area contributed by atoms with Gasteiger partial charge in [0.25, 0.3) is 0 Å². The molecule has 1 N–H and O–H groups in total. The third kappa shape index (κ3) is 2.60. The van der Waals surface area contributed by atoms with E-state index in [1.165, 1.54) is 5.57 Å². The predicted molar refractivity (Wildman–Crippen MR) is 113 cm³/mol. The van der Waals surface area contributed by atoms with Crippen molar-refractivity contribution in [2.45, 2.75) is 64.9 Å². The first-order chi connectivity index (χ1) is 13.4. The van der Waals surface area contributed by atoms with Gasteiger partial charge in [0.15, 0.2) is 5.78 Å². The number of aliphatic hydroxyl groups is 1. The minimum Gasteiger partial charge on any atom is -0.393 e. The maximum absolute atomic E-state index is 13.4. The van der Waals surface area contributed by atoms with Crippen LogP contribution in [-0.4, -0.2) is 17.0 Å². The normalized spacial score (nSPS) is 43.9. The Morgan fingerprint density at radius 1 is 1.00 bits per heavy atom. The van der Waals surface area contributed by atoms with Crippen molar-refractivity contribution >= 4 is 11.9 Å². The summed E-state index contributed by atoms with van der Waals surface area (Å²) in [5, 5.41) is 10.2. The fourth-order valence-corrected chi connectivity index (χ4v) is 7.19. The molecular formula is C26H32O2. The van der Waals surface area contributed by atoms with Gasteiger partial charge < -0.3 is 5.11 Å². The number of Topliss-reactive ketones (excluding diaryl/α,β-unsaturated/α-hetero) is 1. The molecule has 4 aliphatic carbocycles. The van der Waals surface area contributed by atoms with Gasteiger partial charge in [0.2, 0.25) is 0 Å². The second-order valence-electron chi connectivity index (χ2n) is 10.2. The molecule has 3 saturated carbocycles. The summed E-state index contributed by atoms with van der Waals surface area (Å²) < 4.78 is 0. The lowest BCUT2D eigenvalue weighted by molar-refractivity contribution is -0.130. The van der Waals surface area contributed by atoms with Crippen molar-refractivity contribution in [2.75, 3.05) is 0 Å². The molecule has 1 aromatic carbocycles. The van der Waals surface area contributed by atoms with Gasteiger partial charge in [0.1, 0.15) is 0 Å². The number of carbonyl (C=O) groups excluding carboxylic acids is 1. The molecule has 0 bridgehead atoms. The zero-order valence-electron chi connectivity index (χ0n) is 17.2. The van der Waals surface area contributed by atoms with Crippen LogP contribution in [0, 0.1) is 28.6 Å². The van der Waals surface area contributed by atoms with E-state index in [9.17, 15) is 9.90 Å². The van der Waals surface area contributed by atoms with E-state index < -0.39 is 0 Å². The van der Waals surface area contributed by atoms with Crippen molar-refractivity contribution in [1.82, 2.24) is 0 Å². The number of rotatable bonds is 1. The molecule has 0 spiro atoms. The first-order valence-electron chi connectivity index (χ1n) is 11.1. The first-order valence-corrected chi connectivity index (χ1v) is 11.1. The van der Waals surface area contributed by atoms with Crippen molar-refractivity contribution in [1.29, 1.82) is 0 Å². The lowest BCUT2D eigenvalue weighted by Crippen LogP contribution is -2.50. The van der Waals surface area contributed by atoms with E-state index in [0.717, 1.165) is 56.1 Å². The Bertz CT molecular complexity index is 850. The number of fused-ring (bicyclic) bond motifs is 5. The lowest BCUT2D eigenvalue weighted by Gasteiger charge is -2.56. The first kappa shape index (κ1) is 18.4. The molecule has 5 rings (SSSR count). The standard InChI is InChI=1S/C26H32O2/c1-25-12-10-20(27)16-19(25)8-9-21-22(25)11-13-26(2)23(21)15-18(24(26)28)14-17-6-4-3-5-7-17/h3-8,14,20-23,27H,9-13,15-16H2,1-2H3/t20-,21+,22-,23+,25+,26+/m0/s1. The molecule has 0 aliphatic heterocycles. The minimum absolute atomic E-state index is 0.154. The molecule has 6 atom stereocenters. The molecule has 0 aromatic heterocycles. The number of benzene rings is 1. The molecule has 148 valence electrons. The van der Waals surface area contributed by atoms with Gasteiger partial charge in [-0.1, -0.05) is 55.8 Å². The Hall–Kier alpha value is -1.67. The van der Waals surface area contributed by atoms with Crippen LogP contribution >= 0.6 is 0 Å². The Morgan fingerprint density at radius 3 is 2.54 bits per heavy atom. The molecule has 0 radical (unpaired) electrons. The maximum atomic E-state index is 13.4. The second kappa shape index (κ2) is 6.42. The minimum atomic E-state index is -0.183. The van der Waals surface area contributed by atoms with Crippen LogP contribution in [0.1, 0.15) is 64.4 Å². The fraction of sp³-hybridized carbons (Fsp3) is 0.577. The van der Waals surface area contributed by atoms with Crippen LogP contribution in [0.25, 0.3) is 6.08 Å². The summed E-state index contributed by atoms with van der Waals surface area (Å²) in [6.07, 6.45) is 11.5. The summed E-state index contributed by atoms with van der Waals surface area (Å²) in [5.41, 5.74) is 3.73. The third-order valence-corrected chi connectivity index (χ3v) is 8.86. The van der Waals surface area contributed by atoms with E-state index in [-0.39, 0.29) is 16.9 Å². The number of ketones is 1. The van der Waals surface area contributed by atoms with Crippen LogP contribution in [0.4, 0.5) is 0 Å². The van der Waals surface area contributed by atoms with E-state index in [2.05, 4.69) is 38.1 Å². The van der Waals surface area contributed by atoms with E-state index in [1.807, 2.05) is 18.2 Å². The molecule has 1 aromatic rings. The molecule has 28 heavy (non-hydrogen) atoms. The highest BCUT2D eigenvalue weighted by Gasteiger charge is 2.59. The highest BCUT2D eigenvalue weighted by Crippen LogP contribution is 2.64. The molecule has 0 heterocycles. The average molecular weight is 377 g/mol. The van der Waals surface area contributed by atoms with Crippen LogP contribution < -0.4 is 0 Å². The van der Waals surface area contributed by atoms with Gasteiger partial charge in [-0.2, -0.15) is 0 Å². The molecule has 4 aliphatic rings. The van der Waals surface area contributed by atoms with Crippen LogP contribution in [0.3, 0.4) is 0 Å².